The molecule has 1 aliphatic heterocycles. The van der Waals surface area contributed by atoms with Crippen molar-refractivity contribution in [1.82, 2.24) is 0 Å². The van der Waals surface area contributed by atoms with Crippen molar-refractivity contribution in [3.63, 3.8) is 0 Å². The van der Waals surface area contributed by atoms with Crippen molar-refractivity contribution in [2.75, 3.05) is 6.79 Å². The van der Waals surface area contributed by atoms with Gasteiger partial charge in [0.2, 0.25) is 12.5 Å². The van der Waals surface area contributed by atoms with E-state index in [1.807, 2.05) is 0 Å². The van der Waals surface area contributed by atoms with Gasteiger partial charge in [-0.2, -0.15) is 0 Å². The zero-order valence-corrected chi connectivity index (χ0v) is 9.52. The SMILES string of the molecule is Cc1oc(-c2ccc3c(c2)OCO3)[n+]([O-])c1C. The molecule has 2 aromatic rings. The quantitative estimate of drug-likeness (QED) is 0.557. The maximum atomic E-state index is 11.8. The molecule has 2 heterocycles. The summed E-state index contributed by atoms with van der Waals surface area (Å²) in [5.74, 6) is 2.21. The second-order valence-corrected chi connectivity index (χ2v) is 3.91. The van der Waals surface area contributed by atoms with Crippen molar-refractivity contribution in [1.29, 1.82) is 0 Å². The summed E-state index contributed by atoms with van der Waals surface area (Å²) < 4.78 is 16.7. The van der Waals surface area contributed by atoms with Gasteiger partial charge < -0.3 is 19.1 Å². The molecule has 1 aromatic heterocycles. The minimum atomic E-state index is 0.215. The van der Waals surface area contributed by atoms with Crippen LogP contribution in [0.5, 0.6) is 11.5 Å². The van der Waals surface area contributed by atoms with Crippen LogP contribution in [0.25, 0.3) is 11.5 Å². The molecule has 1 aliphatic rings. The highest BCUT2D eigenvalue weighted by Crippen LogP contribution is 2.35. The molecule has 0 amide bonds. The Morgan fingerprint density at radius 3 is 2.65 bits per heavy atom. The zero-order chi connectivity index (χ0) is 12.0. The van der Waals surface area contributed by atoms with Gasteiger partial charge in [-0.1, -0.05) is 0 Å². The highest BCUT2D eigenvalue weighted by molar-refractivity contribution is 5.59. The molecule has 0 fully saturated rings. The highest BCUT2D eigenvalue weighted by atomic mass is 16.7. The Balaban J connectivity index is 2.12. The molecule has 0 unspecified atom stereocenters. The van der Waals surface area contributed by atoms with Crippen molar-refractivity contribution >= 4 is 0 Å². The van der Waals surface area contributed by atoms with Crippen LogP contribution in [0, 0.1) is 19.1 Å². The van der Waals surface area contributed by atoms with Gasteiger partial charge in [-0.15, -0.1) is 4.73 Å². The van der Waals surface area contributed by atoms with Crippen LogP contribution in [0.4, 0.5) is 0 Å². The van der Waals surface area contributed by atoms with E-state index in [1.165, 1.54) is 0 Å². The first-order valence-electron chi connectivity index (χ1n) is 5.26. The largest absolute Gasteiger partial charge is 0.616 e. The van der Waals surface area contributed by atoms with E-state index in [4.69, 9.17) is 13.9 Å². The molecule has 5 heteroatoms. The molecular formula is C12H11NO4. The first kappa shape index (κ1) is 10.0. The Bertz CT molecular complexity index is 588. The Labute approximate surface area is 97.8 Å². The van der Waals surface area contributed by atoms with E-state index in [2.05, 4.69) is 0 Å². The molecule has 0 radical (unpaired) electrons. The maximum Gasteiger partial charge on any atom is 0.392 e. The minimum absolute atomic E-state index is 0.215. The number of aromatic nitrogens is 1. The summed E-state index contributed by atoms with van der Waals surface area (Å²) >= 11 is 0. The summed E-state index contributed by atoms with van der Waals surface area (Å²) in [6, 6.07) is 5.29. The van der Waals surface area contributed by atoms with Crippen LogP contribution in [-0.2, 0) is 0 Å². The lowest BCUT2D eigenvalue weighted by Gasteiger charge is -1.99. The molecule has 1 aromatic carbocycles. The van der Waals surface area contributed by atoms with E-state index >= 15 is 0 Å². The van der Waals surface area contributed by atoms with E-state index in [0.29, 0.717) is 28.5 Å². The molecule has 17 heavy (non-hydrogen) atoms. The highest BCUT2D eigenvalue weighted by Gasteiger charge is 2.23. The average molecular weight is 233 g/mol. The summed E-state index contributed by atoms with van der Waals surface area (Å²) in [5.41, 5.74) is 1.25. The van der Waals surface area contributed by atoms with Crippen LogP contribution in [0.15, 0.2) is 22.6 Å². The Hall–Kier alpha value is -2.17. The van der Waals surface area contributed by atoms with E-state index < -0.39 is 0 Å². The summed E-state index contributed by atoms with van der Waals surface area (Å²) in [5, 5.41) is 11.8. The first-order chi connectivity index (χ1) is 8.16. The van der Waals surface area contributed by atoms with Gasteiger partial charge in [-0.3, -0.25) is 0 Å². The van der Waals surface area contributed by atoms with Gasteiger partial charge >= 0.3 is 5.89 Å². The Morgan fingerprint density at radius 1 is 1.18 bits per heavy atom. The topological polar surface area (TPSA) is 58.5 Å². The lowest BCUT2D eigenvalue weighted by molar-refractivity contribution is -0.602. The number of nitrogens with zero attached hydrogens (tertiary/aromatic N) is 1. The molecule has 3 rings (SSSR count). The fraction of sp³-hybridized carbons (Fsp3) is 0.250. The number of fused-ring (bicyclic) bond motifs is 1. The first-order valence-corrected chi connectivity index (χ1v) is 5.26. The lowest BCUT2D eigenvalue weighted by atomic mass is 10.2. The second-order valence-electron chi connectivity index (χ2n) is 3.91. The van der Waals surface area contributed by atoms with Gasteiger partial charge in [0.05, 0.1) is 5.56 Å². The molecule has 0 saturated heterocycles. The van der Waals surface area contributed by atoms with Gasteiger partial charge in [0.1, 0.15) is 0 Å². The molecule has 0 N–H and O–H groups in total. The number of rotatable bonds is 1. The van der Waals surface area contributed by atoms with Crippen LogP contribution in [0.1, 0.15) is 11.5 Å². The third-order valence-corrected chi connectivity index (χ3v) is 2.87. The standard InChI is InChI=1S/C12H11NO4/c1-7-8(2)17-12(13(7)14)9-3-4-10-11(5-9)16-6-15-10/h3-5H,6H2,1-2H3. The van der Waals surface area contributed by atoms with Gasteiger partial charge in [-0.05, 0) is 12.1 Å². The number of benzene rings is 1. The van der Waals surface area contributed by atoms with Crippen molar-refractivity contribution < 1.29 is 18.6 Å². The number of hydrogen-bond donors (Lipinski definition) is 0. The molecule has 0 saturated carbocycles. The summed E-state index contributed by atoms with van der Waals surface area (Å²) in [4.78, 5) is 0. The van der Waals surface area contributed by atoms with Crippen molar-refractivity contribution in [3.8, 4) is 23.0 Å². The van der Waals surface area contributed by atoms with Crippen molar-refractivity contribution in [2.45, 2.75) is 13.8 Å². The van der Waals surface area contributed by atoms with Crippen LogP contribution in [0.2, 0.25) is 0 Å². The summed E-state index contributed by atoms with van der Waals surface area (Å²) in [6.45, 7) is 3.70. The smallest absolute Gasteiger partial charge is 0.392 e. The lowest BCUT2D eigenvalue weighted by Crippen LogP contribution is -2.29. The number of aryl methyl sites for hydroxylation is 1. The number of hydrogen-bond acceptors (Lipinski definition) is 4. The fourth-order valence-electron chi connectivity index (χ4n) is 1.76. The van der Waals surface area contributed by atoms with Gasteiger partial charge in [-0.25, -0.2) is 0 Å². The molecule has 0 bridgehead atoms. The summed E-state index contributed by atoms with van der Waals surface area (Å²) in [6.07, 6.45) is 0. The predicted molar refractivity (Wildman–Crippen MR) is 58.7 cm³/mol. The molecule has 0 aliphatic carbocycles. The number of ether oxygens (including phenoxy) is 2. The molecule has 0 spiro atoms. The number of oxazole rings is 1. The molecule has 88 valence electrons. The van der Waals surface area contributed by atoms with Gasteiger partial charge in [0, 0.05) is 19.9 Å². The molecular weight excluding hydrogens is 222 g/mol. The van der Waals surface area contributed by atoms with E-state index in [1.54, 1.807) is 32.0 Å². The third-order valence-electron chi connectivity index (χ3n) is 2.87. The van der Waals surface area contributed by atoms with E-state index in [-0.39, 0.29) is 12.7 Å². The summed E-state index contributed by atoms with van der Waals surface area (Å²) in [7, 11) is 0. The van der Waals surface area contributed by atoms with Crippen LogP contribution < -0.4 is 14.2 Å². The average Bonchev–Trinajstić information content (AvgIpc) is 2.89. The predicted octanol–water partition coefficient (Wildman–Crippen LogP) is 1.93. The zero-order valence-electron chi connectivity index (χ0n) is 9.52. The van der Waals surface area contributed by atoms with Crippen LogP contribution in [-0.4, -0.2) is 6.79 Å². The minimum Gasteiger partial charge on any atom is -0.616 e. The van der Waals surface area contributed by atoms with Crippen LogP contribution >= 0.6 is 0 Å². The van der Waals surface area contributed by atoms with Gasteiger partial charge in [0.25, 0.3) is 0 Å². The monoisotopic (exact) mass is 233 g/mol. The normalized spacial score (nSPS) is 13.1. The van der Waals surface area contributed by atoms with Crippen molar-refractivity contribution in [2.24, 2.45) is 0 Å². The Kier molecular flexibility index (Phi) is 2.01. The van der Waals surface area contributed by atoms with Crippen molar-refractivity contribution in [3.05, 3.63) is 34.9 Å². The third kappa shape index (κ3) is 1.43. The van der Waals surface area contributed by atoms with Crippen LogP contribution in [0.3, 0.4) is 0 Å². The molecule has 5 nitrogen and oxygen atoms in total. The molecule has 0 atom stereocenters. The van der Waals surface area contributed by atoms with Gasteiger partial charge in [0.15, 0.2) is 17.3 Å². The Morgan fingerprint density at radius 2 is 1.94 bits per heavy atom. The van der Waals surface area contributed by atoms with E-state index in [0.717, 1.165) is 4.73 Å². The fourth-order valence-corrected chi connectivity index (χ4v) is 1.76. The maximum absolute atomic E-state index is 11.8. The van der Waals surface area contributed by atoms with E-state index in [9.17, 15) is 5.21 Å². The second kappa shape index (κ2) is 3.41.